The number of aryl methyl sites for hydroxylation is 1. The maximum atomic E-state index is 6.05. The molecule has 7 heteroatoms. The predicted molar refractivity (Wildman–Crippen MR) is 87.0 cm³/mol. The smallest absolute Gasteiger partial charge is 0.0926 e. The lowest BCUT2D eigenvalue weighted by Gasteiger charge is -2.35. The van der Waals surface area contributed by atoms with Gasteiger partial charge in [0.15, 0.2) is 0 Å². The molecule has 2 aromatic heterocycles. The Kier molecular flexibility index (Phi) is 3.63. The van der Waals surface area contributed by atoms with Gasteiger partial charge in [-0.15, -0.1) is 5.10 Å². The summed E-state index contributed by atoms with van der Waals surface area (Å²) in [6.45, 7) is 1.73. The van der Waals surface area contributed by atoms with Crippen LogP contribution in [0.1, 0.15) is 28.7 Å². The quantitative estimate of drug-likeness (QED) is 0.801. The van der Waals surface area contributed by atoms with Crippen molar-refractivity contribution < 1.29 is 0 Å². The molecule has 0 saturated carbocycles. The van der Waals surface area contributed by atoms with Gasteiger partial charge in [0.1, 0.15) is 0 Å². The number of hydrogen-bond acceptors (Lipinski definition) is 4. The molecule has 6 nitrogen and oxygen atoms in total. The van der Waals surface area contributed by atoms with Crippen molar-refractivity contribution in [1.29, 1.82) is 0 Å². The third kappa shape index (κ3) is 2.64. The van der Waals surface area contributed by atoms with E-state index in [0.717, 1.165) is 35.9 Å². The predicted octanol–water partition coefficient (Wildman–Crippen LogP) is 2.34. The average molecular weight is 329 g/mol. The summed E-state index contributed by atoms with van der Waals surface area (Å²) in [7, 11) is 1.92. The Bertz CT molecular complexity index is 806. The van der Waals surface area contributed by atoms with Gasteiger partial charge in [0, 0.05) is 37.3 Å². The van der Waals surface area contributed by atoms with Gasteiger partial charge < -0.3 is 4.98 Å². The molecule has 0 spiro atoms. The first-order valence-electron chi connectivity index (χ1n) is 7.57. The molecule has 0 bridgehead atoms. The van der Waals surface area contributed by atoms with E-state index in [9.17, 15) is 0 Å². The van der Waals surface area contributed by atoms with Crippen LogP contribution in [0.4, 0.5) is 0 Å². The monoisotopic (exact) mass is 328 g/mol. The van der Waals surface area contributed by atoms with E-state index in [4.69, 9.17) is 11.6 Å². The minimum atomic E-state index is 0.108. The Hall–Kier alpha value is -2.18. The van der Waals surface area contributed by atoms with Gasteiger partial charge in [-0.2, -0.15) is 0 Å². The fourth-order valence-corrected chi connectivity index (χ4v) is 3.30. The first-order chi connectivity index (χ1) is 11.2. The number of nitrogens with one attached hydrogen (secondary N) is 1. The van der Waals surface area contributed by atoms with E-state index < -0.39 is 0 Å². The van der Waals surface area contributed by atoms with Crippen LogP contribution in [0.3, 0.4) is 0 Å². The Balaban J connectivity index is 1.73. The van der Waals surface area contributed by atoms with Crippen LogP contribution in [0.5, 0.6) is 0 Å². The molecule has 4 rings (SSSR count). The van der Waals surface area contributed by atoms with Crippen molar-refractivity contribution in [3.63, 3.8) is 0 Å². The second-order valence-corrected chi connectivity index (χ2v) is 6.23. The molecule has 118 valence electrons. The number of nitrogens with zero attached hydrogens (tertiary/aromatic N) is 5. The van der Waals surface area contributed by atoms with E-state index >= 15 is 0 Å². The highest BCUT2D eigenvalue weighted by molar-refractivity contribution is 6.30. The lowest BCUT2D eigenvalue weighted by molar-refractivity contribution is 0.195. The van der Waals surface area contributed by atoms with E-state index in [1.807, 2.05) is 30.1 Å². The van der Waals surface area contributed by atoms with Gasteiger partial charge in [-0.1, -0.05) is 28.9 Å². The lowest BCUT2D eigenvalue weighted by Crippen LogP contribution is -2.36. The topological polar surface area (TPSA) is 62.6 Å². The molecule has 1 aliphatic heterocycles. The highest BCUT2D eigenvalue weighted by Gasteiger charge is 2.31. The summed E-state index contributed by atoms with van der Waals surface area (Å²) in [4.78, 5) is 10.2. The van der Waals surface area contributed by atoms with Gasteiger partial charge in [-0.3, -0.25) is 9.58 Å². The number of benzene rings is 1. The molecular weight excluding hydrogens is 312 g/mol. The molecule has 23 heavy (non-hydrogen) atoms. The van der Waals surface area contributed by atoms with Crippen molar-refractivity contribution in [3.8, 4) is 0 Å². The summed E-state index contributed by atoms with van der Waals surface area (Å²) in [6.07, 6.45) is 4.56. The summed E-state index contributed by atoms with van der Waals surface area (Å²) < 4.78 is 1.82. The second-order valence-electron chi connectivity index (χ2n) is 5.79. The largest absolute Gasteiger partial charge is 0.348 e. The van der Waals surface area contributed by atoms with E-state index in [0.29, 0.717) is 0 Å². The summed E-state index contributed by atoms with van der Waals surface area (Å²) in [5, 5.41) is 8.75. The fourth-order valence-electron chi connectivity index (χ4n) is 3.17. The van der Waals surface area contributed by atoms with Crippen LogP contribution in [0.15, 0.2) is 36.8 Å². The van der Waals surface area contributed by atoms with Crippen molar-refractivity contribution in [2.45, 2.75) is 19.0 Å². The molecule has 1 unspecified atom stereocenters. The first kappa shape index (κ1) is 14.4. The lowest BCUT2D eigenvalue weighted by atomic mass is 9.95. The minimum Gasteiger partial charge on any atom is -0.348 e. The molecule has 1 atom stereocenters. The number of aromatic nitrogens is 5. The average Bonchev–Trinajstić information content (AvgIpc) is 3.18. The number of halogens is 1. The highest BCUT2D eigenvalue weighted by atomic mass is 35.5. The Morgan fingerprint density at radius 1 is 1.30 bits per heavy atom. The molecule has 1 N–H and O–H groups in total. The third-order valence-corrected chi connectivity index (χ3v) is 4.64. The van der Waals surface area contributed by atoms with Gasteiger partial charge in [0.05, 0.1) is 30.0 Å². The third-order valence-electron chi connectivity index (χ3n) is 4.38. The number of H-pyrrole nitrogens is 1. The molecular formula is C16H17ClN6. The van der Waals surface area contributed by atoms with Gasteiger partial charge in [-0.25, -0.2) is 4.98 Å². The van der Waals surface area contributed by atoms with Crippen LogP contribution < -0.4 is 0 Å². The van der Waals surface area contributed by atoms with Crippen LogP contribution in [0, 0.1) is 0 Å². The number of fused-ring (bicyclic) bond motifs is 1. The molecule has 0 fully saturated rings. The van der Waals surface area contributed by atoms with E-state index in [2.05, 4.69) is 37.3 Å². The fraction of sp³-hybridized carbons (Fsp3) is 0.312. The van der Waals surface area contributed by atoms with Crippen LogP contribution in [0.2, 0.25) is 5.02 Å². The molecule has 1 aliphatic rings. The van der Waals surface area contributed by atoms with Crippen molar-refractivity contribution in [2.75, 3.05) is 6.54 Å². The van der Waals surface area contributed by atoms with Crippen molar-refractivity contribution in [3.05, 3.63) is 64.5 Å². The minimum absolute atomic E-state index is 0.108. The van der Waals surface area contributed by atoms with E-state index in [1.165, 1.54) is 11.3 Å². The van der Waals surface area contributed by atoms with Crippen molar-refractivity contribution in [2.24, 2.45) is 7.05 Å². The SMILES string of the molecule is Cn1nncc1CN1CCc2[nH]cnc2C1c1ccc(Cl)cc1. The van der Waals surface area contributed by atoms with Crippen LogP contribution in [-0.2, 0) is 20.0 Å². The zero-order valence-electron chi connectivity index (χ0n) is 12.8. The molecule has 0 aliphatic carbocycles. The van der Waals surface area contributed by atoms with Crippen molar-refractivity contribution >= 4 is 11.6 Å². The Morgan fingerprint density at radius 2 is 2.13 bits per heavy atom. The van der Waals surface area contributed by atoms with Crippen molar-refractivity contribution in [1.82, 2.24) is 29.9 Å². The number of imidazole rings is 1. The highest BCUT2D eigenvalue weighted by Crippen LogP contribution is 2.34. The van der Waals surface area contributed by atoms with Gasteiger partial charge in [0.25, 0.3) is 0 Å². The normalized spacial score (nSPS) is 18.1. The number of hydrogen-bond donors (Lipinski definition) is 1. The molecule has 3 aromatic rings. The van der Waals surface area contributed by atoms with Gasteiger partial charge in [0.2, 0.25) is 0 Å². The molecule has 0 amide bonds. The molecule has 0 saturated heterocycles. The Labute approximate surface area is 139 Å². The maximum Gasteiger partial charge on any atom is 0.0926 e. The zero-order chi connectivity index (χ0) is 15.8. The second kappa shape index (κ2) is 5.79. The Morgan fingerprint density at radius 3 is 2.87 bits per heavy atom. The summed E-state index contributed by atoms with van der Waals surface area (Å²) in [5.74, 6) is 0. The first-order valence-corrected chi connectivity index (χ1v) is 7.95. The molecule has 3 heterocycles. The van der Waals surface area contributed by atoms with Gasteiger partial charge >= 0.3 is 0 Å². The number of aromatic amines is 1. The molecule has 1 aromatic carbocycles. The summed E-state index contributed by atoms with van der Waals surface area (Å²) in [5.41, 5.74) is 4.58. The summed E-state index contributed by atoms with van der Waals surface area (Å²) in [6, 6.07) is 8.12. The van der Waals surface area contributed by atoms with Gasteiger partial charge in [-0.05, 0) is 17.7 Å². The van der Waals surface area contributed by atoms with Crippen LogP contribution >= 0.6 is 11.6 Å². The summed E-state index contributed by atoms with van der Waals surface area (Å²) >= 11 is 6.05. The van der Waals surface area contributed by atoms with E-state index in [1.54, 1.807) is 6.33 Å². The standard InChI is InChI=1S/C16H17ClN6/c1-22-13(8-20-21-22)9-23-7-6-14-15(19-10-18-14)16(23)11-2-4-12(17)5-3-11/h2-5,8,10,16H,6-7,9H2,1H3,(H,18,19). The van der Waals surface area contributed by atoms with E-state index in [-0.39, 0.29) is 6.04 Å². The molecule has 0 radical (unpaired) electrons. The number of rotatable bonds is 3. The van der Waals surface area contributed by atoms with Crippen LogP contribution in [0.25, 0.3) is 0 Å². The maximum absolute atomic E-state index is 6.05. The zero-order valence-corrected chi connectivity index (χ0v) is 13.5. The van der Waals surface area contributed by atoms with Crippen LogP contribution in [-0.4, -0.2) is 36.4 Å².